The second kappa shape index (κ2) is 7.49. The van der Waals surface area contributed by atoms with Crippen LogP contribution in [0.3, 0.4) is 0 Å². The number of carbonyl (C=O) groups excluding carboxylic acids is 2. The summed E-state index contributed by atoms with van der Waals surface area (Å²) < 4.78 is 15.0. The number of aromatic nitrogens is 6. The van der Waals surface area contributed by atoms with E-state index in [0.29, 0.717) is 46.0 Å². The molecule has 4 aromatic rings. The highest BCUT2D eigenvalue weighted by molar-refractivity contribution is 6.34. The van der Waals surface area contributed by atoms with Crippen LogP contribution < -0.4 is 4.90 Å². The van der Waals surface area contributed by atoms with Crippen LogP contribution in [0.2, 0.25) is 0 Å². The van der Waals surface area contributed by atoms with E-state index in [4.69, 9.17) is 5.10 Å². The highest BCUT2D eigenvalue weighted by atomic mass is 19.1. The van der Waals surface area contributed by atoms with Crippen molar-refractivity contribution in [3.8, 4) is 11.3 Å². The number of hydrogen-bond acceptors (Lipinski definition) is 6. The van der Waals surface area contributed by atoms with Crippen LogP contribution in [0.4, 0.5) is 10.2 Å². The molecule has 2 aromatic carbocycles. The van der Waals surface area contributed by atoms with Gasteiger partial charge in [-0.3, -0.25) is 9.59 Å². The van der Waals surface area contributed by atoms with Crippen molar-refractivity contribution in [2.45, 2.75) is 19.9 Å². The van der Waals surface area contributed by atoms with Gasteiger partial charge < -0.3 is 0 Å². The van der Waals surface area contributed by atoms with Crippen LogP contribution in [0, 0.1) is 5.82 Å². The Kier molecular flexibility index (Phi) is 4.62. The van der Waals surface area contributed by atoms with E-state index in [1.54, 1.807) is 43.4 Å². The molecule has 0 unspecified atom stereocenters. The second-order valence-corrected chi connectivity index (χ2v) is 7.36. The molecule has 0 N–H and O–H groups in total. The Morgan fingerprint density at radius 3 is 2.16 bits per heavy atom. The molecule has 3 heterocycles. The molecule has 1 aliphatic heterocycles. The third kappa shape index (κ3) is 3.08. The molecule has 2 amide bonds. The van der Waals surface area contributed by atoms with Gasteiger partial charge in [0.1, 0.15) is 18.2 Å². The van der Waals surface area contributed by atoms with E-state index in [9.17, 15) is 14.0 Å². The average molecular weight is 431 g/mol. The number of hydrogen-bond donors (Lipinski definition) is 0. The molecule has 0 aliphatic carbocycles. The Balaban J connectivity index is 1.70. The maximum Gasteiger partial charge on any atom is 0.267 e. The Hall–Kier alpha value is -4.21. The SMILES string of the molecule is CCc1c(-c2ccc(F)cc2)nn(Cc2nnn(C)n2)c1N1C(=O)c2ccccc2C1=O. The normalized spacial score (nSPS) is 13.2. The van der Waals surface area contributed by atoms with Gasteiger partial charge in [0.15, 0.2) is 5.82 Å². The van der Waals surface area contributed by atoms with Crippen LogP contribution in [-0.4, -0.2) is 41.8 Å². The van der Waals surface area contributed by atoms with Crippen molar-refractivity contribution >= 4 is 17.6 Å². The maximum atomic E-state index is 13.5. The molecule has 0 radical (unpaired) electrons. The number of fused-ring (bicyclic) bond motifs is 1. The molecule has 32 heavy (non-hydrogen) atoms. The first-order valence-electron chi connectivity index (χ1n) is 10.0. The summed E-state index contributed by atoms with van der Waals surface area (Å²) >= 11 is 0. The molecular formula is C22H18FN7O2. The number of carbonyl (C=O) groups is 2. The molecule has 2 aromatic heterocycles. The predicted molar refractivity (Wildman–Crippen MR) is 112 cm³/mol. The van der Waals surface area contributed by atoms with Crippen LogP contribution >= 0.6 is 0 Å². The number of nitrogens with zero attached hydrogens (tertiary/aromatic N) is 7. The molecule has 9 nitrogen and oxygen atoms in total. The molecule has 1 aliphatic rings. The summed E-state index contributed by atoms with van der Waals surface area (Å²) in [5, 5.41) is 16.7. The number of benzene rings is 2. The maximum absolute atomic E-state index is 13.5. The van der Waals surface area contributed by atoms with Crippen molar-refractivity contribution in [2.75, 3.05) is 4.90 Å². The summed E-state index contributed by atoms with van der Waals surface area (Å²) in [4.78, 5) is 29.0. The first-order valence-corrected chi connectivity index (χ1v) is 10.0. The first kappa shape index (κ1) is 19.7. The van der Waals surface area contributed by atoms with Crippen LogP contribution in [0.5, 0.6) is 0 Å². The van der Waals surface area contributed by atoms with Gasteiger partial charge in [-0.05, 0) is 48.0 Å². The lowest BCUT2D eigenvalue weighted by Crippen LogP contribution is -2.32. The minimum Gasteiger partial charge on any atom is -0.268 e. The molecule has 10 heteroatoms. The van der Waals surface area contributed by atoms with Crippen molar-refractivity contribution in [3.05, 3.63) is 76.9 Å². The Morgan fingerprint density at radius 2 is 1.59 bits per heavy atom. The van der Waals surface area contributed by atoms with E-state index in [2.05, 4.69) is 15.4 Å². The highest BCUT2D eigenvalue weighted by Crippen LogP contribution is 2.36. The third-order valence-electron chi connectivity index (χ3n) is 5.34. The summed E-state index contributed by atoms with van der Waals surface area (Å²) in [5.41, 5.74) is 2.60. The van der Waals surface area contributed by atoms with Crippen LogP contribution in [0.1, 0.15) is 39.0 Å². The highest BCUT2D eigenvalue weighted by Gasteiger charge is 2.40. The van der Waals surface area contributed by atoms with E-state index in [-0.39, 0.29) is 12.4 Å². The van der Waals surface area contributed by atoms with Crippen LogP contribution in [0.25, 0.3) is 11.3 Å². The standard InChI is InChI=1S/C22H18FN7O2/c1-3-15-19(13-8-10-14(23)11-9-13)26-29(12-18-24-27-28(2)25-18)20(15)30-21(31)16-6-4-5-7-17(16)22(30)32/h4-11H,3,12H2,1-2H3. The fourth-order valence-corrected chi connectivity index (χ4v) is 3.92. The molecule has 0 bridgehead atoms. The molecule has 5 rings (SSSR count). The first-order chi connectivity index (χ1) is 15.5. The number of anilines is 1. The van der Waals surface area contributed by atoms with E-state index in [0.717, 1.165) is 4.90 Å². The van der Waals surface area contributed by atoms with Gasteiger partial charge in [0, 0.05) is 11.1 Å². The fraction of sp³-hybridized carbons (Fsp3) is 0.182. The smallest absolute Gasteiger partial charge is 0.267 e. The molecule has 0 spiro atoms. The van der Waals surface area contributed by atoms with Crippen molar-refractivity contribution in [1.29, 1.82) is 0 Å². The molecule has 0 saturated carbocycles. The molecule has 0 saturated heterocycles. The zero-order chi connectivity index (χ0) is 22.4. The van der Waals surface area contributed by atoms with Gasteiger partial charge in [0.2, 0.25) is 0 Å². The molecule has 160 valence electrons. The second-order valence-electron chi connectivity index (χ2n) is 7.36. The number of rotatable bonds is 5. The average Bonchev–Trinajstić information content (AvgIpc) is 3.44. The largest absolute Gasteiger partial charge is 0.268 e. The van der Waals surface area contributed by atoms with Gasteiger partial charge >= 0.3 is 0 Å². The number of halogens is 1. The number of amides is 2. The number of imide groups is 1. The van der Waals surface area contributed by atoms with Gasteiger partial charge in [-0.25, -0.2) is 14.0 Å². The Morgan fingerprint density at radius 1 is 0.938 bits per heavy atom. The minimum atomic E-state index is -0.417. The number of aryl methyl sites for hydroxylation is 1. The lowest BCUT2D eigenvalue weighted by Gasteiger charge is -2.17. The van der Waals surface area contributed by atoms with Gasteiger partial charge in [-0.1, -0.05) is 19.1 Å². The summed E-state index contributed by atoms with van der Waals surface area (Å²) in [5.74, 6) is -0.472. The zero-order valence-corrected chi connectivity index (χ0v) is 17.4. The molecule has 0 fully saturated rings. The third-order valence-corrected chi connectivity index (χ3v) is 5.34. The number of tetrazole rings is 1. The van der Waals surface area contributed by atoms with E-state index >= 15 is 0 Å². The Labute approximate surface area is 182 Å². The van der Waals surface area contributed by atoms with Crippen molar-refractivity contribution in [3.63, 3.8) is 0 Å². The fourth-order valence-electron chi connectivity index (χ4n) is 3.92. The predicted octanol–water partition coefficient (Wildman–Crippen LogP) is 2.62. The lowest BCUT2D eigenvalue weighted by atomic mass is 10.1. The van der Waals surface area contributed by atoms with Gasteiger partial charge in [0.05, 0.1) is 23.9 Å². The van der Waals surface area contributed by atoms with E-state index in [1.807, 2.05) is 6.92 Å². The van der Waals surface area contributed by atoms with E-state index < -0.39 is 11.8 Å². The minimum absolute atomic E-state index is 0.102. The quantitative estimate of drug-likeness (QED) is 0.451. The lowest BCUT2D eigenvalue weighted by molar-refractivity contribution is 0.0923. The molecular weight excluding hydrogens is 413 g/mol. The topological polar surface area (TPSA) is 98.8 Å². The van der Waals surface area contributed by atoms with Crippen LogP contribution in [-0.2, 0) is 20.0 Å². The molecule has 0 atom stereocenters. The summed E-state index contributed by atoms with van der Waals surface area (Å²) in [6, 6.07) is 12.6. The van der Waals surface area contributed by atoms with Crippen molar-refractivity contribution < 1.29 is 14.0 Å². The van der Waals surface area contributed by atoms with E-state index in [1.165, 1.54) is 21.6 Å². The van der Waals surface area contributed by atoms with Gasteiger partial charge in [-0.2, -0.15) is 9.90 Å². The summed E-state index contributed by atoms with van der Waals surface area (Å²) in [7, 11) is 1.64. The van der Waals surface area contributed by atoms with Crippen LogP contribution in [0.15, 0.2) is 48.5 Å². The monoisotopic (exact) mass is 431 g/mol. The van der Waals surface area contributed by atoms with Crippen molar-refractivity contribution in [2.24, 2.45) is 7.05 Å². The Bertz CT molecular complexity index is 1320. The van der Waals surface area contributed by atoms with Gasteiger partial charge in [0.25, 0.3) is 11.8 Å². The zero-order valence-electron chi connectivity index (χ0n) is 17.4. The summed E-state index contributed by atoms with van der Waals surface area (Å²) in [6.07, 6.45) is 0.489. The van der Waals surface area contributed by atoms with Gasteiger partial charge in [-0.15, -0.1) is 10.2 Å². The van der Waals surface area contributed by atoms with Crippen molar-refractivity contribution in [1.82, 2.24) is 30.0 Å². The summed E-state index contributed by atoms with van der Waals surface area (Å²) in [6.45, 7) is 2.02.